The van der Waals surface area contributed by atoms with Crippen LogP contribution in [0.5, 0.6) is 0 Å². The Balaban J connectivity index is 2.06. The molecule has 0 radical (unpaired) electrons. The number of hydrogen-bond donors (Lipinski definition) is 1. The second-order valence-corrected chi connectivity index (χ2v) is 5.09. The van der Waals surface area contributed by atoms with Crippen LogP contribution in [0.1, 0.15) is 35.5 Å². The fraction of sp³-hybridized carbons (Fsp3) is 0.250. The highest BCUT2D eigenvalue weighted by molar-refractivity contribution is 7.10. The molecule has 0 aliphatic heterocycles. The molecule has 1 unspecified atom stereocenters. The smallest absolute Gasteiger partial charge is 0.140 e. The third kappa shape index (κ3) is 3.46. The molecular weight excluding hydrogens is 240 g/mol. The van der Waals surface area contributed by atoms with Gasteiger partial charge in [-0.15, -0.1) is 11.3 Å². The van der Waals surface area contributed by atoms with Crippen molar-refractivity contribution in [3.63, 3.8) is 0 Å². The zero-order valence-electron chi connectivity index (χ0n) is 10.4. The second-order valence-electron chi connectivity index (χ2n) is 4.14. The van der Waals surface area contributed by atoms with Crippen molar-refractivity contribution in [2.75, 3.05) is 0 Å². The lowest BCUT2D eigenvalue weighted by atomic mass is 10.0. The van der Waals surface area contributed by atoms with Crippen LogP contribution in [0.3, 0.4) is 0 Å². The lowest BCUT2D eigenvalue weighted by Crippen LogP contribution is -1.94. The predicted octanol–water partition coefficient (Wildman–Crippen LogP) is 3.79. The van der Waals surface area contributed by atoms with E-state index in [0.717, 1.165) is 23.3 Å². The van der Waals surface area contributed by atoms with E-state index in [1.807, 2.05) is 29.6 Å². The van der Waals surface area contributed by atoms with Crippen LogP contribution in [0.2, 0.25) is 0 Å². The standard InChI is InChI=1S/C16H16OS/c1-2-4-13-6-8-14(9-7-13)16(17)11-10-15-5-3-12-18-15/h3,5-9,12,16-17H,2,4H2,1H3. The summed E-state index contributed by atoms with van der Waals surface area (Å²) in [6.45, 7) is 2.16. The number of aliphatic hydroxyl groups is 1. The molecule has 92 valence electrons. The first-order valence-electron chi connectivity index (χ1n) is 6.11. The van der Waals surface area contributed by atoms with Crippen molar-refractivity contribution < 1.29 is 5.11 Å². The molecule has 1 aromatic heterocycles. The van der Waals surface area contributed by atoms with Crippen molar-refractivity contribution in [3.05, 3.63) is 57.8 Å². The molecule has 2 heteroatoms. The molecule has 18 heavy (non-hydrogen) atoms. The minimum Gasteiger partial charge on any atom is -0.376 e. The Morgan fingerprint density at radius 1 is 1.22 bits per heavy atom. The summed E-state index contributed by atoms with van der Waals surface area (Å²) in [7, 11) is 0. The van der Waals surface area contributed by atoms with Crippen LogP contribution < -0.4 is 0 Å². The summed E-state index contributed by atoms with van der Waals surface area (Å²) in [4.78, 5) is 0.983. The summed E-state index contributed by atoms with van der Waals surface area (Å²) in [6, 6.07) is 12.0. The Morgan fingerprint density at radius 3 is 2.61 bits per heavy atom. The zero-order valence-corrected chi connectivity index (χ0v) is 11.2. The summed E-state index contributed by atoms with van der Waals surface area (Å²) in [5.41, 5.74) is 2.17. The third-order valence-electron chi connectivity index (χ3n) is 2.69. The van der Waals surface area contributed by atoms with Crippen molar-refractivity contribution in [2.45, 2.75) is 25.9 Å². The SMILES string of the molecule is CCCc1ccc(C(O)C#Cc2cccs2)cc1. The van der Waals surface area contributed by atoms with Gasteiger partial charge < -0.3 is 5.11 Å². The monoisotopic (exact) mass is 256 g/mol. The van der Waals surface area contributed by atoms with E-state index >= 15 is 0 Å². The van der Waals surface area contributed by atoms with Gasteiger partial charge in [-0.2, -0.15) is 0 Å². The van der Waals surface area contributed by atoms with Crippen LogP contribution in [-0.4, -0.2) is 5.11 Å². The zero-order chi connectivity index (χ0) is 12.8. The van der Waals surface area contributed by atoms with Gasteiger partial charge in [-0.25, -0.2) is 0 Å². The number of aryl methyl sites for hydroxylation is 1. The maximum atomic E-state index is 9.97. The van der Waals surface area contributed by atoms with Gasteiger partial charge in [-0.05, 0) is 29.0 Å². The number of hydrogen-bond acceptors (Lipinski definition) is 2. The van der Waals surface area contributed by atoms with Gasteiger partial charge in [0.25, 0.3) is 0 Å². The highest BCUT2D eigenvalue weighted by atomic mass is 32.1. The Kier molecular flexibility index (Phi) is 4.58. The van der Waals surface area contributed by atoms with Crippen molar-refractivity contribution in [2.24, 2.45) is 0 Å². The quantitative estimate of drug-likeness (QED) is 0.828. The molecule has 0 aliphatic rings. The van der Waals surface area contributed by atoms with Crippen molar-refractivity contribution in [1.82, 2.24) is 0 Å². The fourth-order valence-electron chi connectivity index (χ4n) is 1.73. The van der Waals surface area contributed by atoms with E-state index in [9.17, 15) is 5.11 Å². The summed E-state index contributed by atoms with van der Waals surface area (Å²) in [5, 5.41) is 12.0. The van der Waals surface area contributed by atoms with E-state index in [0.29, 0.717) is 0 Å². The molecule has 0 bridgehead atoms. The molecule has 0 saturated heterocycles. The first-order chi connectivity index (χ1) is 8.79. The van der Waals surface area contributed by atoms with Gasteiger partial charge in [-0.3, -0.25) is 0 Å². The molecule has 1 N–H and O–H groups in total. The minimum absolute atomic E-state index is 0.706. The first kappa shape index (κ1) is 12.9. The molecular formula is C16H16OS. The van der Waals surface area contributed by atoms with E-state index in [4.69, 9.17) is 0 Å². The van der Waals surface area contributed by atoms with Gasteiger partial charge in [0.05, 0.1) is 4.88 Å². The van der Waals surface area contributed by atoms with Crippen LogP contribution in [0, 0.1) is 11.8 Å². The summed E-state index contributed by atoms with van der Waals surface area (Å²) in [5.74, 6) is 5.85. The van der Waals surface area contributed by atoms with Crippen LogP contribution >= 0.6 is 11.3 Å². The molecule has 1 heterocycles. The average molecular weight is 256 g/mol. The minimum atomic E-state index is -0.706. The molecule has 0 aliphatic carbocycles. The van der Waals surface area contributed by atoms with E-state index in [-0.39, 0.29) is 0 Å². The largest absolute Gasteiger partial charge is 0.376 e. The molecule has 0 saturated carbocycles. The van der Waals surface area contributed by atoms with Gasteiger partial charge in [-0.1, -0.05) is 55.5 Å². The summed E-state index contributed by atoms with van der Waals surface area (Å²) >= 11 is 1.58. The van der Waals surface area contributed by atoms with Crippen LogP contribution in [0.25, 0.3) is 0 Å². The molecule has 1 nitrogen and oxygen atoms in total. The molecule has 1 atom stereocenters. The second kappa shape index (κ2) is 6.39. The van der Waals surface area contributed by atoms with Crippen molar-refractivity contribution >= 4 is 11.3 Å². The average Bonchev–Trinajstić information content (AvgIpc) is 2.90. The number of aliphatic hydroxyl groups excluding tert-OH is 1. The maximum absolute atomic E-state index is 9.97. The maximum Gasteiger partial charge on any atom is 0.140 e. The number of rotatable bonds is 3. The highest BCUT2D eigenvalue weighted by Gasteiger charge is 2.03. The molecule has 0 fully saturated rings. The third-order valence-corrected chi connectivity index (χ3v) is 3.47. The Bertz CT molecular complexity index is 529. The Hall–Kier alpha value is -1.56. The van der Waals surface area contributed by atoms with Gasteiger partial charge in [0, 0.05) is 0 Å². The van der Waals surface area contributed by atoms with E-state index < -0.39 is 6.10 Å². The first-order valence-corrected chi connectivity index (χ1v) is 6.99. The molecule has 2 aromatic rings. The molecule has 0 amide bonds. The molecule has 2 rings (SSSR count). The molecule has 1 aromatic carbocycles. The van der Waals surface area contributed by atoms with E-state index in [2.05, 4.69) is 30.9 Å². The lowest BCUT2D eigenvalue weighted by molar-refractivity contribution is 0.238. The van der Waals surface area contributed by atoms with Crippen LogP contribution in [0.4, 0.5) is 0 Å². The van der Waals surface area contributed by atoms with Gasteiger partial charge in [0.1, 0.15) is 6.10 Å². The van der Waals surface area contributed by atoms with Gasteiger partial charge >= 0.3 is 0 Å². The summed E-state index contributed by atoms with van der Waals surface area (Å²) < 4.78 is 0. The molecule has 0 spiro atoms. The number of thiophene rings is 1. The predicted molar refractivity (Wildman–Crippen MR) is 76.6 cm³/mol. The Labute approximate surface area is 112 Å². The van der Waals surface area contributed by atoms with E-state index in [1.165, 1.54) is 5.56 Å². The van der Waals surface area contributed by atoms with Gasteiger partial charge in [0.2, 0.25) is 0 Å². The lowest BCUT2D eigenvalue weighted by Gasteiger charge is -2.05. The van der Waals surface area contributed by atoms with E-state index in [1.54, 1.807) is 11.3 Å². The van der Waals surface area contributed by atoms with Crippen molar-refractivity contribution in [1.29, 1.82) is 0 Å². The number of benzene rings is 1. The fourth-order valence-corrected chi connectivity index (χ4v) is 2.31. The Morgan fingerprint density at radius 2 is 2.00 bits per heavy atom. The topological polar surface area (TPSA) is 20.2 Å². The summed E-state index contributed by atoms with van der Waals surface area (Å²) in [6.07, 6.45) is 1.51. The van der Waals surface area contributed by atoms with Crippen LogP contribution in [-0.2, 0) is 6.42 Å². The highest BCUT2D eigenvalue weighted by Crippen LogP contribution is 2.14. The van der Waals surface area contributed by atoms with Crippen molar-refractivity contribution in [3.8, 4) is 11.8 Å². The van der Waals surface area contributed by atoms with Crippen LogP contribution in [0.15, 0.2) is 41.8 Å². The van der Waals surface area contributed by atoms with Gasteiger partial charge in [0.15, 0.2) is 0 Å². The normalized spacial score (nSPS) is 11.7.